The highest BCUT2D eigenvalue weighted by Crippen LogP contribution is 2.40. The first-order chi connectivity index (χ1) is 23.5. The fraction of sp³-hybridized carbons (Fsp3) is 0.0952. The summed E-state index contributed by atoms with van der Waals surface area (Å²) in [4.78, 5) is 59.2. The van der Waals surface area contributed by atoms with E-state index in [2.05, 4.69) is 0 Å². The van der Waals surface area contributed by atoms with E-state index in [4.69, 9.17) is 0 Å². The third-order valence-corrected chi connectivity index (χ3v) is 9.60. The minimum absolute atomic E-state index is 0.141. The lowest BCUT2D eigenvalue weighted by Crippen LogP contribution is -2.45. The molecule has 0 unspecified atom stereocenters. The van der Waals surface area contributed by atoms with E-state index in [1.807, 2.05) is 121 Å². The van der Waals surface area contributed by atoms with Gasteiger partial charge in [-0.2, -0.15) is 0 Å². The Morgan fingerprint density at radius 1 is 0.333 bits per heavy atom. The average molecular weight is 627 g/mol. The molecule has 0 N–H and O–H groups in total. The van der Waals surface area contributed by atoms with Gasteiger partial charge in [-0.1, -0.05) is 121 Å². The summed E-state index contributed by atoms with van der Waals surface area (Å²) in [6.07, 6.45) is 0. The Kier molecular flexibility index (Phi) is 7.26. The molecule has 8 rings (SSSR count). The van der Waals surface area contributed by atoms with Gasteiger partial charge in [0.15, 0.2) is 0 Å². The maximum absolute atomic E-state index is 14.2. The van der Waals surface area contributed by atoms with Crippen LogP contribution in [0.1, 0.15) is 75.5 Å². The van der Waals surface area contributed by atoms with Crippen LogP contribution >= 0.6 is 0 Å². The fourth-order valence-corrected chi connectivity index (χ4v) is 7.22. The van der Waals surface area contributed by atoms with E-state index in [9.17, 15) is 19.2 Å². The van der Waals surface area contributed by atoms with Gasteiger partial charge in [-0.25, -0.2) is 0 Å². The quantitative estimate of drug-likeness (QED) is 0.162. The van der Waals surface area contributed by atoms with Gasteiger partial charge in [-0.3, -0.25) is 29.0 Å². The van der Waals surface area contributed by atoms with Crippen LogP contribution in [0.15, 0.2) is 146 Å². The van der Waals surface area contributed by atoms with Crippen LogP contribution in [0, 0.1) is 0 Å². The molecule has 0 fully saturated rings. The summed E-state index contributed by atoms with van der Waals surface area (Å²) >= 11 is 0. The van der Waals surface area contributed by atoms with Crippen molar-refractivity contribution < 1.29 is 19.2 Å². The standard InChI is InChI=1S/C42H30N2O4/c45-39-31-21-23-33-38-34(42(48)44(41(33)47)26-36(29-17-9-3-10-18-29)30-19-11-4-12-20-30)24-22-32(37(31)38)40(46)43(39)25-35(27-13-5-1-6-14-27)28-15-7-2-8-16-28/h1-24,35-36H,25-26H2. The molecule has 2 aliphatic rings. The SMILES string of the molecule is O=C1c2ccc3c4c(ccc(c24)C(=O)N1CC(c1ccccc1)c1ccccc1)C(=O)N(CC(c1ccccc1)c1ccccc1)C3=O. The molecule has 2 heterocycles. The number of carbonyl (C=O) groups is 4. The lowest BCUT2D eigenvalue weighted by molar-refractivity contribution is 0.0584. The van der Waals surface area contributed by atoms with Crippen LogP contribution in [0.3, 0.4) is 0 Å². The van der Waals surface area contributed by atoms with E-state index < -0.39 is 23.6 Å². The summed E-state index contributed by atoms with van der Waals surface area (Å²) in [5, 5.41) is 0.743. The first-order valence-corrected chi connectivity index (χ1v) is 16.0. The molecule has 6 aromatic rings. The summed E-state index contributed by atoms with van der Waals surface area (Å²) in [6, 6.07) is 45.8. The zero-order chi connectivity index (χ0) is 32.8. The molecular weight excluding hydrogens is 596 g/mol. The predicted molar refractivity (Wildman–Crippen MR) is 184 cm³/mol. The molecule has 232 valence electrons. The zero-order valence-corrected chi connectivity index (χ0v) is 26.0. The van der Waals surface area contributed by atoms with Crippen molar-refractivity contribution >= 4 is 34.4 Å². The van der Waals surface area contributed by atoms with E-state index >= 15 is 0 Å². The molecule has 0 spiro atoms. The summed E-state index contributed by atoms with van der Waals surface area (Å²) in [5.74, 6) is -2.25. The Morgan fingerprint density at radius 2 is 0.562 bits per heavy atom. The van der Waals surface area contributed by atoms with E-state index in [0.29, 0.717) is 33.0 Å². The van der Waals surface area contributed by atoms with E-state index in [1.165, 1.54) is 9.80 Å². The maximum Gasteiger partial charge on any atom is 0.261 e. The Morgan fingerprint density at radius 3 is 0.792 bits per heavy atom. The Balaban J connectivity index is 1.17. The number of hydrogen-bond acceptors (Lipinski definition) is 4. The molecule has 48 heavy (non-hydrogen) atoms. The summed E-state index contributed by atoms with van der Waals surface area (Å²) < 4.78 is 0. The smallest absolute Gasteiger partial charge is 0.261 e. The van der Waals surface area contributed by atoms with Crippen molar-refractivity contribution in [1.29, 1.82) is 0 Å². The van der Waals surface area contributed by atoms with Crippen LogP contribution in [-0.4, -0.2) is 46.5 Å². The van der Waals surface area contributed by atoms with Gasteiger partial charge in [-0.15, -0.1) is 0 Å². The lowest BCUT2D eigenvalue weighted by Gasteiger charge is -2.34. The Labute approximate surface area is 277 Å². The van der Waals surface area contributed by atoms with Crippen molar-refractivity contribution in [3.8, 4) is 0 Å². The highest BCUT2D eigenvalue weighted by molar-refractivity contribution is 6.33. The zero-order valence-electron chi connectivity index (χ0n) is 26.0. The summed E-state index contributed by atoms with van der Waals surface area (Å²) in [5.41, 5.74) is 5.19. The van der Waals surface area contributed by atoms with Crippen molar-refractivity contribution in [2.75, 3.05) is 13.1 Å². The molecule has 0 atom stereocenters. The van der Waals surface area contributed by atoms with Crippen LogP contribution in [0.4, 0.5) is 0 Å². The Hall–Kier alpha value is -6.14. The molecule has 4 amide bonds. The van der Waals surface area contributed by atoms with E-state index in [0.717, 1.165) is 22.3 Å². The predicted octanol–water partition coefficient (Wildman–Crippen LogP) is 7.70. The van der Waals surface area contributed by atoms with E-state index in [1.54, 1.807) is 24.3 Å². The van der Waals surface area contributed by atoms with E-state index in [-0.39, 0.29) is 24.9 Å². The molecular formula is C42H30N2O4. The van der Waals surface area contributed by atoms with Gasteiger partial charge in [-0.05, 0) is 46.5 Å². The molecule has 0 aromatic heterocycles. The fourth-order valence-electron chi connectivity index (χ4n) is 7.22. The number of rotatable bonds is 8. The number of benzene rings is 6. The van der Waals surface area contributed by atoms with Crippen LogP contribution in [0.25, 0.3) is 10.8 Å². The number of amides is 4. The second-order valence-corrected chi connectivity index (χ2v) is 12.3. The topological polar surface area (TPSA) is 74.8 Å². The minimum atomic E-state index is -0.441. The van der Waals surface area contributed by atoms with Crippen molar-refractivity contribution in [1.82, 2.24) is 9.80 Å². The van der Waals surface area contributed by atoms with Gasteiger partial charge in [0.2, 0.25) is 0 Å². The van der Waals surface area contributed by atoms with Crippen molar-refractivity contribution in [2.24, 2.45) is 0 Å². The molecule has 0 aliphatic carbocycles. The van der Waals surface area contributed by atoms with Crippen molar-refractivity contribution in [3.63, 3.8) is 0 Å². The van der Waals surface area contributed by atoms with Crippen molar-refractivity contribution in [2.45, 2.75) is 11.8 Å². The molecule has 6 heteroatoms. The average Bonchev–Trinajstić information content (AvgIpc) is 3.14. The van der Waals surface area contributed by atoms with Crippen LogP contribution < -0.4 is 0 Å². The van der Waals surface area contributed by atoms with Gasteiger partial charge < -0.3 is 0 Å². The third kappa shape index (κ3) is 4.81. The third-order valence-electron chi connectivity index (χ3n) is 9.60. The van der Waals surface area contributed by atoms with Crippen LogP contribution in [0.2, 0.25) is 0 Å². The Bertz CT molecular complexity index is 1910. The van der Waals surface area contributed by atoms with Crippen LogP contribution in [0.5, 0.6) is 0 Å². The maximum atomic E-state index is 14.2. The minimum Gasteiger partial charge on any atom is -0.273 e. The largest absolute Gasteiger partial charge is 0.273 e. The monoisotopic (exact) mass is 626 g/mol. The lowest BCUT2D eigenvalue weighted by atomic mass is 9.84. The second kappa shape index (κ2) is 11.9. The molecule has 6 nitrogen and oxygen atoms in total. The first-order valence-electron chi connectivity index (χ1n) is 16.0. The molecule has 0 bridgehead atoms. The number of nitrogens with zero attached hydrogens (tertiary/aromatic N) is 2. The van der Waals surface area contributed by atoms with Crippen molar-refractivity contribution in [3.05, 3.63) is 190 Å². The molecule has 0 saturated carbocycles. The van der Waals surface area contributed by atoms with Gasteiger partial charge in [0.25, 0.3) is 23.6 Å². The number of imide groups is 2. The molecule has 6 aromatic carbocycles. The number of carbonyl (C=O) groups excluding carboxylic acids is 4. The number of hydrogen-bond donors (Lipinski definition) is 0. The normalized spacial score (nSPS) is 14.0. The summed E-state index contributed by atoms with van der Waals surface area (Å²) in [7, 11) is 0. The van der Waals surface area contributed by atoms with Gasteiger partial charge in [0.1, 0.15) is 0 Å². The molecule has 0 radical (unpaired) electrons. The van der Waals surface area contributed by atoms with Gasteiger partial charge in [0.05, 0.1) is 0 Å². The van der Waals surface area contributed by atoms with Gasteiger partial charge >= 0.3 is 0 Å². The molecule has 0 saturated heterocycles. The van der Waals surface area contributed by atoms with Crippen LogP contribution in [-0.2, 0) is 0 Å². The second-order valence-electron chi connectivity index (χ2n) is 12.3. The van der Waals surface area contributed by atoms with Gasteiger partial charge in [0, 0.05) is 58.0 Å². The summed E-state index contributed by atoms with van der Waals surface area (Å²) in [6.45, 7) is 0.282. The molecule has 2 aliphatic heterocycles. The highest BCUT2D eigenvalue weighted by Gasteiger charge is 2.41. The highest BCUT2D eigenvalue weighted by atomic mass is 16.2. The first kappa shape index (κ1) is 29.3.